The molecule has 4 heterocycles. The lowest BCUT2D eigenvalue weighted by atomic mass is 9.93. The highest BCUT2D eigenvalue weighted by molar-refractivity contribution is 7.08. The van der Waals surface area contributed by atoms with Gasteiger partial charge in [-0.1, -0.05) is 48.5 Å². The van der Waals surface area contributed by atoms with Crippen molar-refractivity contribution in [2.24, 2.45) is 5.41 Å². The van der Waals surface area contributed by atoms with Crippen LogP contribution in [0.5, 0.6) is 0 Å². The first-order valence-electron chi connectivity index (χ1n) is 8.56. The van der Waals surface area contributed by atoms with E-state index in [1.54, 1.807) is 45.3 Å². The van der Waals surface area contributed by atoms with Crippen molar-refractivity contribution in [3.8, 4) is 0 Å². The van der Waals surface area contributed by atoms with Crippen LogP contribution in [0, 0.1) is 5.41 Å². The fraction of sp³-hybridized carbons (Fsp3) is 0.238. The number of hydrogen-bond donors (Lipinski definition) is 4. The lowest BCUT2D eigenvalue weighted by molar-refractivity contribution is -0.0328. The zero-order valence-electron chi connectivity index (χ0n) is 16.0. The highest BCUT2D eigenvalue weighted by atomic mass is 32.1. The first-order chi connectivity index (χ1) is 14.2. The highest BCUT2D eigenvalue weighted by Crippen LogP contribution is 2.11. The molecule has 0 aliphatic carbocycles. The zero-order valence-corrected chi connectivity index (χ0v) is 19.3. The van der Waals surface area contributed by atoms with Gasteiger partial charge in [0.25, 0.3) is 0 Å². The topological polar surface area (TPSA) is 80.9 Å². The van der Waals surface area contributed by atoms with E-state index in [1.807, 2.05) is 91.6 Å². The van der Waals surface area contributed by atoms with Crippen molar-refractivity contribution in [3.63, 3.8) is 0 Å². The first-order valence-corrected chi connectivity index (χ1v) is 12.3. The Kier molecular flexibility index (Phi) is 20.3. The molecule has 4 aromatic heterocycles. The number of thiophene rings is 4. The zero-order chi connectivity index (χ0) is 21.5. The summed E-state index contributed by atoms with van der Waals surface area (Å²) in [6.45, 7) is -1.62. The Morgan fingerprint density at radius 2 is 0.552 bits per heavy atom. The molecular formula is C21H28O4S4. The number of hydrogen-bond acceptors (Lipinski definition) is 8. The van der Waals surface area contributed by atoms with Gasteiger partial charge in [0.2, 0.25) is 0 Å². The largest absolute Gasteiger partial charge is 0.396 e. The van der Waals surface area contributed by atoms with E-state index in [0.29, 0.717) is 0 Å². The van der Waals surface area contributed by atoms with E-state index in [-0.39, 0.29) is 0 Å². The molecule has 8 heteroatoms. The van der Waals surface area contributed by atoms with Gasteiger partial charge in [-0.3, -0.25) is 0 Å². The molecule has 0 radical (unpaired) electrons. The molecule has 0 aliphatic heterocycles. The summed E-state index contributed by atoms with van der Waals surface area (Å²) in [5, 5.41) is 50.3. The summed E-state index contributed by atoms with van der Waals surface area (Å²) in [6, 6.07) is 16.1. The first kappa shape index (κ1) is 27.6. The molecule has 0 fully saturated rings. The summed E-state index contributed by atoms with van der Waals surface area (Å²) in [4.78, 5) is 0. The summed E-state index contributed by atoms with van der Waals surface area (Å²) in [7, 11) is 0. The average molecular weight is 473 g/mol. The normalized spacial score (nSPS) is 9.24. The Bertz CT molecular complexity index is 486. The van der Waals surface area contributed by atoms with Gasteiger partial charge >= 0.3 is 0 Å². The van der Waals surface area contributed by atoms with E-state index < -0.39 is 31.8 Å². The smallest absolute Gasteiger partial charge is 0.0627 e. The van der Waals surface area contributed by atoms with Gasteiger partial charge in [-0.25, -0.2) is 0 Å². The lowest BCUT2D eigenvalue weighted by Gasteiger charge is -2.23. The summed E-state index contributed by atoms with van der Waals surface area (Å²) in [5.74, 6) is 0. The summed E-state index contributed by atoms with van der Waals surface area (Å²) >= 11 is 6.85. The standard InChI is InChI=1S/C5H12O4.4C4H4S/c6-1-5(2-7,3-8)4-9;4*1-2-4-5-3-1/h6-9H,1-4H2;4*1-4H. The molecule has 4 rings (SSSR count). The highest BCUT2D eigenvalue weighted by Gasteiger charge is 2.26. The third kappa shape index (κ3) is 17.2. The molecule has 0 aliphatic rings. The minimum atomic E-state index is -1.11. The van der Waals surface area contributed by atoms with E-state index in [4.69, 9.17) is 20.4 Å². The van der Waals surface area contributed by atoms with Crippen LogP contribution in [-0.4, -0.2) is 46.9 Å². The van der Waals surface area contributed by atoms with Crippen molar-refractivity contribution >= 4 is 45.3 Å². The fourth-order valence-corrected chi connectivity index (χ4v) is 3.02. The quantitative estimate of drug-likeness (QED) is 0.339. The van der Waals surface area contributed by atoms with Crippen LogP contribution in [0.3, 0.4) is 0 Å². The predicted octanol–water partition coefficient (Wildman–Crippen LogP) is 4.93. The summed E-state index contributed by atoms with van der Waals surface area (Å²) in [5.41, 5.74) is -1.11. The fourth-order valence-electron chi connectivity index (χ4n) is 1.21. The summed E-state index contributed by atoms with van der Waals surface area (Å²) in [6.07, 6.45) is 0. The van der Waals surface area contributed by atoms with Crippen LogP contribution < -0.4 is 0 Å². The number of rotatable bonds is 4. The van der Waals surface area contributed by atoms with E-state index in [1.165, 1.54) is 0 Å². The van der Waals surface area contributed by atoms with Crippen molar-refractivity contribution in [1.29, 1.82) is 0 Å². The summed E-state index contributed by atoms with van der Waals surface area (Å²) < 4.78 is 0. The van der Waals surface area contributed by atoms with Crippen LogP contribution in [0.1, 0.15) is 0 Å². The maximum atomic E-state index is 8.50. The number of aliphatic hydroxyl groups is 4. The van der Waals surface area contributed by atoms with Gasteiger partial charge in [-0.15, -0.1) is 0 Å². The Balaban J connectivity index is 0.000000345. The van der Waals surface area contributed by atoms with Crippen LogP contribution in [0.2, 0.25) is 0 Å². The molecule has 0 amide bonds. The molecule has 0 saturated heterocycles. The molecule has 0 bridgehead atoms. The van der Waals surface area contributed by atoms with Crippen LogP contribution in [-0.2, 0) is 0 Å². The average Bonchev–Trinajstić information content (AvgIpc) is 3.64. The second-order valence-electron chi connectivity index (χ2n) is 5.31. The molecule has 4 nitrogen and oxygen atoms in total. The minimum absolute atomic E-state index is 0.406. The third-order valence-corrected chi connectivity index (χ3v) is 5.56. The molecule has 0 unspecified atom stereocenters. The Labute approximate surface area is 188 Å². The van der Waals surface area contributed by atoms with Crippen molar-refractivity contribution in [2.75, 3.05) is 26.4 Å². The predicted molar refractivity (Wildman–Crippen MR) is 128 cm³/mol. The Morgan fingerprint density at radius 3 is 0.586 bits per heavy atom. The maximum absolute atomic E-state index is 8.50. The van der Waals surface area contributed by atoms with Crippen molar-refractivity contribution in [1.82, 2.24) is 0 Å². The molecule has 4 aromatic rings. The maximum Gasteiger partial charge on any atom is 0.0627 e. The van der Waals surface area contributed by atoms with Gasteiger partial charge in [-0.2, -0.15) is 45.3 Å². The van der Waals surface area contributed by atoms with Crippen molar-refractivity contribution < 1.29 is 20.4 Å². The Morgan fingerprint density at radius 1 is 0.379 bits per heavy atom. The van der Waals surface area contributed by atoms with E-state index >= 15 is 0 Å². The molecule has 0 atom stereocenters. The van der Waals surface area contributed by atoms with Crippen LogP contribution in [0.25, 0.3) is 0 Å². The minimum Gasteiger partial charge on any atom is -0.396 e. The molecule has 0 saturated carbocycles. The molecule has 0 aromatic carbocycles. The number of aliphatic hydroxyl groups excluding tert-OH is 4. The van der Waals surface area contributed by atoms with E-state index in [2.05, 4.69) is 0 Å². The second-order valence-corrected chi connectivity index (χ2v) is 8.57. The molecule has 160 valence electrons. The monoisotopic (exact) mass is 472 g/mol. The van der Waals surface area contributed by atoms with Gasteiger partial charge in [0.05, 0.1) is 31.8 Å². The van der Waals surface area contributed by atoms with Gasteiger partial charge in [0, 0.05) is 0 Å². The van der Waals surface area contributed by atoms with Crippen LogP contribution in [0.4, 0.5) is 0 Å². The van der Waals surface area contributed by atoms with Crippen molar-refractivity contribution in [3.05, 3.63) is 91.6 Å². The van der Waals surface area contributed by atoms with Gasteiger partial charge < -0.3 is 20.4 Å². The SMILES string of the molecule is OCC(CO)(CO)CO.c1ccsc1.c1ccsc1.c1ccsc1.c1ccsc1. The second kappa shape index (κ2) is 21.4. The molecule has 0 spiro atoms. The van der Waals surface area contributed by atoms with Crippen LogP contribution >= 0.6 is 45.3 Å². The van der Waals surface area contributed by atoms with E-state index in [0.717, 1.165) is 0 Å². The van der Waals surface area contributed by atoms with Crippen molar-refractivity contribution in [2.45, 2.75) is 0 Å². The third-order valence-electron chi connectivity index (χ3n) is 3.04. The Hall–Kier alpha value is -1.36. The molecule has 29 heavy (non-hydrogen) atoms. The van der Waals surface area contributed by atoms with Gasteiger partial charge in [0.15, 0.2) is 0 Å². The van der Waals surface area contributed by atoms with Crippen LogP contribution in [0.15, 0.2) is 91.6 Å². The van der Waals surface area contributed by atoms with E-state index in [9.17, 15) is 0 Å². The molecule has 4 N–H and O–H groups in total. The molecular weight excluding hydrogens is 444 g/mol. The van der Waals surface area contributed by atoms with Gasteiger partial charge in [0.1, 0.15) is 0 Å². The lowest BCUT2D eigenvalue weighted by Crippen LogP contribution is -2.37. The van der Waals surface area contributed by atoms with Gasteiger partial charge in [-0.05, 0) is 43.0 Å².